The molecule has 1 aromatic rings. The van der Waals surface area contributed by atoms with E-state index in [0.29, 0.717) is 5.41 Å². The first-order valence-electron chi connectivity index (χ1n) is 7.04. The van der Waals surface area contributed by atoms with Crippen molar-refractivity contribution in [1.29, 1.82) is 0 Å². The number of nitrogens with one attached hydrogen (secondary N) is 1. The van der Waals surface area contributed by atoms with E-state index in [1.54, 1.807) is 0 Å². The molecular weight excluding hydrogens is 302 g/mol. The van der Waals surface area contributed by atoms with Gasteiger partial charge in [-0.15, -0.1) is 0 Å². The Hall–Kier alpha value is -0.540. The second-order valence-corrected chi connectivity index (χ2v) is 6.96. The maximum atomic E-state index is 5.83. The van der Waals surface area contributed by atoms with Crippen LogP contribution in [0.4, 0.5) is 0 Å². The molecule has 0 amide bonds. The maximum absolute atomic E-state index is 5.83. The number of rotatable bonds is 7. The topological polar surface area (TPSA) is 21.3 Å². The normalized spacial score (nSPS) is 11.6. The molecule has 0 aromatic heterocycles. The highest BCUT2D eigenvalue weighted by Gasteiger charge is 2.10. The lowest BCUT2D eigenvalue weighted by Crippen LogP contribution is -2.14. The predicted molar refractivity (Wildman–Crippen MR) is 85.7 cm³/mol. The molecule has 0 fully saturated rings. The van der Waals surface area contributed by atoms with Gasteiger partial charge in [-0.2, -0.15) is 0 Å². The summed E-state index contributed by atoms with van der Waals surface area (Å²) in [6.07, 6.45) is 2.22. The van der Waals surface area contributed by atoms with Crippen molar-refractivity contribution in [1.82, 2.24) is 5.32 Å². The number of halogens is 1. The highest BCUT2D eigenvalue weighted by atomic mass is 79.9. The van der Waals surface area contributed by atoms with Gasteiger partial charge >= 0.3 is 0 Å². The van der Waals surface area contributed by atoms with E-state index in [1.165, 1.54) is 5.56 Å². The van der Waals surface area contributed by atoms with Crippen molar-refractivity contribution in [3.05, 3.63) is 28.2 Å². The molecule has 0 aliphatic rings. The fraction of sp³-hybridized carbons (Fsp3) is 0.625. The Balaban J connectivity index is 2.48. The van der Waals surface area contributed by atoms with Gasteiger partial charge in [-0.1, -0.05) is 33.8 Å². The number of hydrogen-bond donors (Lipinski definition) is 1. The van der Waals surface area contributed by atoms with Gasteiger partial charge in [-0.05, 0) is 58.4 Å². The summed E-state index contributed by atoms with van der Waals surface area (Å²) >= 11 is 3.58. The van der Waals surface area contributed by atoms with Crippen LogP contribution in [0, 0.1) is 5.41 Å². The van der Waals surface area contributed by atoms with E-state index >= 15 is 0 Å². The van der Waals surface area contributed by atoms with E-state index < -0.39 is 0 Å². The molecule has 0 saturated heterocycles. The molecule has 0 aliphatic heterocycles. The molecule has 0 unspecified atom stereocenters. The minimum Gasteiger partial charge on any atom is -0.492 e. The summed E-state index contributed by atoms with van der Waals surface area (Å²) in [4.78, 5) is 0. The van der Waals surface area contributed by atoms with Gasteiger partial charge in [-0.3, -0.25) is 0 Å². The Labute approximate surface area is 126 Å². The van der Waals surface area contributed by atoms with Crippen LogP contribution in [0.1, 0.15) is 46.1 Å². The van der Waals surface area contributed by atoms with E-state index in [4.69, 9.17) is 4.74 Å². The zero-order valence-corrected chi connectivity index (χ0v) is 14.1. The lowest BCUT2D eigenvalue weighted by atomic mass is 9.93. The summed E-state index contributed by atoms with van der Waals surface area (Å²) < 4.78 is 6.87. The van der Waals surface area contributed by atoms with Crippen LogP contribution in [0.2, 0.25) is 0 Å². The highest BCUT2D eigenvalue weighted by molar-refractivity contribution is 9.10. The van der Waals surface area contributed by atoms with Crippen LogP contribution in [0.25, 0.3) is 0 Å². The monoisotopic (exact) mass is 327 g/mol. The second-order valence-electron chi connectivity index (χ2n) is 6.10. The lowest BCUT2D eigenvalue weighted by Gasteiger charge is -2.18. The van der Waals surface area contributed by atoms with Crippen molar-refractivity contribution >= 4 is 15.9 Å². The first-order chi connectivity index (χ1) is 8.92. The smallest absolute Gasteiger partial charge is 0.133 e. The zero-order chi connectivity index (χ0) is 14.3. The molecule has 1 aromatic carbocycles. The van der Waals surface area contributed by atoms with Gasteiger partial charge in [0, 0.05) is 6.54 Å². The molecule has 0 aliphatic carbocycles. The van der Waals surface area contributed by atoms with E-state index in [0.717, 1.165) is 42.8 Å². The van der Waals surface area contributed by atoms with Gasteiger partial charge in [-0.25, -0.2) is 0 Å². The number of benzene rings is 1. The largest absolute Gasteiger partial charge is 0.492 e. The maximum Gasteiger partial charge on any atom is 0.133 e. The van der Waals surface area contributed by atoms with Crippen LogP contribution >= 0.6 is 15.9 Å². The third-order valence-electron chi connectivity index (χ3n) is 2.86. The molecule has 19 heavy (non-hydrogen) atoms. The van der Waals surface area contributed by atoms with Crippen LogP contribution in [-0.4, -0.2) is 13.2 Å². The fourth-order valence-corrected chi connectivity index (χ4v) is 2.19. The average Bonchev–Trinajstić information content (AvgIpc) is 2.31. The molecule has 1 N–H and O–H groups in total. The standard InChI is InChI=1S/C16H26BrNO/c1-5-9-18-12-13-6-7-15(14(17)11-13)19-10-8-16(2,3)4/h6-7,11,18H,5,8-10,12H2,1-4H3. The van der Waals surface area contributed by atoms with Crippen LogP contribution in [0.3, 0.4) is 0 Å². The average molecular weight is 328 g/mol. The molecule has 2 nitrogen and oxygen atoms in total. The summed E-state index contributed by atoms with van der Waals surface area (Å²) in [7, 11) is 0. The molecule has 0 spiro atoms. The Morgan fingerprint density at radius 3 is 2.58 bits per heavy atom. The van der Waals surface area contributed by atoms with E-state index in [-0.39, 0.29) is 0 Å². The van der Waals surface area contributed by atoms with E-state index in [9.17, 15) is 0 Å². The van der Waals surface area contributed by atoms with Gasteiger partial charge in [0.2, 0.25) is 0 Å². The van der Waals surface area contributed by atoms with Crippen LogP contribution < -0.4 is 10.1 Å². The summed E-state index contributed by atoms with van der Waals surface area (Å²) in [6, 6.07) is 6.31. The molecule has 0 heterocycles. The fourth-order valence-electron chi connectivity index (χ4n) is 1.65. The molecule has 1 rings (SSSR count). The van der Waals surface area contributed by atoms with Gasteiger partial charge in [0.1, 0.15) is 5.75 Å². The highest BCUT2D eigenvalue weighted by Crippen LogP contribution is 2.27. The van der Waals surface area contributed by atoms with E-state index in [2.05, 4.69) is 67.1 Å². The minimum atomic E-state index is 0.316. The Bertz CT molecular complexity index is 385. The molecule has 0 bridgehead atoms. The number of ether oxygens (including phenoxy) is 1. The molecule has 0 saturated carbocycles. The van der Waals surface area contributed by atoms with Crippen LogP contribution in [-0.2, 0) is 6.54 Å². The molecule has 0 atom stereocenters. The van der Waals surface area contributed by atoms with Crippen molar-refractivity contribution in [3.63, 3.8) is 0 Å². The molecule has 3 heteroatoms. The Kier molecular flexibility index (Phi) is 6.87. The van der Waals surface area contributed by atoms with Crippen molar-refractivity contribution in [2.45, 2.75) is 47.1 Å². The third kappa shape index (κ3) is 6.98. The van der Waals surface area contributed by atoms with Crippen LogP contribution in [0.15, 0.2) is 22.7 Å². The molecular formula is C16H26BrNO. The SMILES string of the molecule is CCCNCc1ccc(OCCC(C)(C)C)c(Br)c1. The van der Waals surface area contributed by atoms with Gasteiger partial charge in [0.15, 0.2) is 0 Å². The summed E-state index contributed by atoms with van der Waals surface area (Å²) in [5.74, 6) is 0.934. The van der Waals surface area contributed by atoms with Gasteiger partial charge in [0.25, 0.3) is 0 Å². The first kappa shape index (κ1) is 16.5. The molecule has 108 valence electrons. The number of hydrogen-bond acceptors (Lipinski definition) is 2. The van der Waals surface area contributed by atoms with Crippen LogP contribution in [0.5, 0.6) is 5.75 Å². The summed E-state index contributed by atoms with van der Waals surface area (Å²) in [6.45, 7) is 11.6. The van der Waals surface area contributed by atoms with Crippen molar-refractivity contribution in [3.8, 4) is 5.75 Å². The Morgan fingerprint density at radius 2 is 2.00 bits per heavy atom. The van der Waals surface area contributed by atoms with Crippen molar-refractivity contribution in [2.75, 3.05) is 13.2 Å². The quantitative estimate of drug-likeness (QED) is 0.729. The summed E-state index contributed by atoms with van der Waals surface area (Å²) in [5.41, 5.74) is 1.60. The van der Waals surface area contributed by atoms with Crippen molar-refractivity contribution in [2.24, 2.45) is 5.41 Å². The third-order valence-corrected chi connectivity index (χ3v) is 3.48. The Morgan fingerprint density at radius 1 is 1.26 bits per heavy atom. The second kappa shape index (κ2) is 7.91. The van der Waals surface area contributed by atoms with Crippen molar-refractivity contribution < 1.29 is 4.74 Å². The first-order valence-corrected chi connectivity index (χ1v) is 7.83. The van der Waals surface area contributed by atoms with E-state index in [1.807, 2.05) is 0 Å². The predicted octanol–water partition coefficient (Wildman–Crippen LogP) is 4.76. The van der Waals surface area contributed by atoms with Gasteiger partial charge < -0.3 is 10.1 Å². The molecule has 0 radical (unpaired) electrons. The lowest BCUT2D eigenvalue weighted by molar-refractivity contribution is 0.242. The summed E-state index contributed by atoms with van der Waals surface area (Å²) in [5, 5.41) is 3.40. The van der Waals surface area contributed by atoms with Gasteiger partial charge in [0.05, 0.1) is 11.1 Å². The minimum absolute atomic E-state index is 0.316. The zero-order valence-electron chi connectivity index (χ0n) is 12.6.